The zero-order chi connectivity index (χ0) is 15.1. The highest BCUT2D eigenvalue weighted by atomic mass is 35.5. The van der Waals surface area contributed by atoms with Crippen LogP contribution in [0.4, 0.5) is 0 Å². The van der Waals surface area contributed by atoms with Crippen molar-refractivity contribution in [1.82, 2.24) is 5.32 Å². The lowest BCUT2D eigenvalue weighted by molar-refractivity contribution is -0.123. The molecule has 106 valence electrons. The van der Waals surface area contributed by atoms with Crippen molar-refractivity contribution < 1.29 is 14.3 Å². The van der Waals surface area contributed by atoms with E-state index in [1.54, 1.807) is 13.0 Å². The molecular weight excluding hydrogens is 280 g/mol. The van der Waals surface area contributed by atoms with Gasteiger partial charge in [-0.3, -0.25) is 9.59 Å². The highest BCUT2D eigenvalue weighted by Crippen LogP contribution is 2.13. The molecule has 20 heavy (non-hydrogen) atoms. The predicted molar refractivity (Wildman–Crippen MR) is 74.4 cm³/mol. The van der Waals surface area contributed by atoms with Crippen molar-refractivity contribution in [2.45, 2.75) is 13.0 Å². The molecule has 0 radical (unpaired) electrons. The maximum absolute atomic E-state index is 12.1. The zero-order valence-electron chi connectivity index (χ0n) is 11.2. The van der Waals surface area contributed by atoms with Crippen molar-refractivity contribution in [3.05, 3.63) is 34.9 Å². The second kappa shape index (κ2) is 7.63. The summed E-state index contributed by atoms with van der Waals surface area (Å²) in [6.07, 6.45) is 0. The van der Waals surface area contributed by atoms with Crippen molar-refractivity contribution in [1.29, 1.82) is 5.26 Å². The first-order chi connectivity index (χ1) is 9.49. The smallest absolute Gasteiger partial charge is 0.245 e. The van der Waals surface area contributed by atoms with Crippen LogP contribution < -0.4 is 5.32 Å². The van der Waals surface area contributed by atoms with Crippen LogP contribution in [0.25, 0.3) is 0 Å². The van der Waals surface area contributed by atoms with Gasteiger partial charge in [-0.1, -0.05) is 11.6 Å². The van der Waals surface area contributed by atoms with Gasteiger partial charge in [-0.25, -0.2) is 0 Å². The van der Waals surface area contributed by atoms with Crippen LogP contribution in [0.2, 0.25) is 5.02 Å². The van der Waals surface area contributed by atoms with E-state index in [4.69, 9.17) is 21.6 Å². The minimum Gasteiger partial charge on any atom is -0.383 e. The van der Waals surface area contributed by atoms with Gasteiger partial charge in [0, 0.05) is 23.7 Å². The van der Waals surface area contributed by atoms with Gasteiger partial charge in [0.25, 0.3) is 0 Å². The number of ether oxygens (including phenoxy) is 1. The Morgan fingerprint density at radius 2 is 2.00 bits per heavy atom. The van der Waals surface area contributed by atoms with Gasteiger partial charge in [-0.05, 0) is 31.2 Å². The van der Waals surface area contributed by atoms with Gasteiger partial charge >= 0.3 is 0 Å². The number of nitrogens with zero attached hydrogens (tertiary/aromatic N) is 1. The summed E-state index contributed by atoms with van der Waals surface area (Å²) in [5.41, 5.74) is 0.274. The van der Waals surface area contributed by atoms with Crippen molar-refractivity contribution in [2.24, 2.45) is 5.92 Å². The molecule has 0 aliphatic rings. The van der Waals surface area contributed by atoms with Crippen molar-refractivity contribution in [3.8, 4) is 6.07 Å². The van der Waals surface area contributed by atoms with E-state index >= 15 is 0 Å². The Morgan fingerprint density at radius 3 is 2.50 bits per heavy atom. The fourth-order valence-electron chi connectivity index (χ4n) is 1.63. The van der Waals surface area contributed by atoms with Gasteiger partial charge in [0.05, 0.1) is 12.7 Å². The molecule has 5 nitrogen and oxygen atoms in total. The third-order valence-electron chi connectivity index (χ3n) is 2.59. The average molecular weight is 295 g/mol. The number of hydrogen-bond acceptors (Lipinski definition) is 4. The standard InChI is InChI=1S/C14H15ClN2O3/c1-9(8-20-2)17-14(19)12(7-16)13(18)10-3-5-11(15)6-4-10/h3-6,9,12H,8H2,1-2H3,(H,17,19). The third-order valence-corrected chi connectivity index (χ3v) is 2.84. The summed E-state index contributed by atoms with van der Waals surface area (Å²) in [7, 11) is 1.50. The van der Waals surface area contributed by atoms with Crippen LogP contribution in [-0.2, 0) is 9.53 Å². The monoisotopic (exact) mass is 294 g/mol. The number of carbonyl (C=O) groups excluding carboxylic acids is 2. The molecule has 1 N–H and O–H groups in total. The Kier molecular flexibility index (Phi) is 6.16. The molecule has 0 aromatic heterocycles. The molecule has 0 aliphatic heterocycles. The summed E-state index contributed by atoms with van der Waals surface area (Å²) >= 11 is 5.73. The number of methoxy groups -OCH3 is 1. The predicted octanol–water partition coefficient (Wildman–Crippen LogP) is 1.81. The molecule has 0 saturated carbocycles. The topological polar surface area (TPSA) is 79.2 Å². The number of hydrogen-bond donors (Lipinski definition) is 1. The highest BCUT2D eigenvalue weighted by molar-refractivity contribution is 6.30. The summed E-state index contributed by atoms with van der Waals surface area (Å²) in [6.45, 7) is 2.03. The molecule has 0 saturated heterocycles. The van der Waals surface area contributed by atoms with Crippen LogP contribution in [0.5, 0.6) is 0 Å². The quantitative estimate of drug-likeness (QED) is 0.641. The largest absolute Gasteiger partial charge is 0.383 e. The van der Waals surface area contributed by atoms with Gasteiger partial charge in [-0.15, -0.1) is 0 Å². The number of halogens is 1. The minimum absolute atomic E-state index is 0.274. The Bertz CT molecular complexity index is 522. The number of ketones is 1. The first-order valence-corrected chi connectivity index (χ1v) is 6.36. The fourth-order valence-corrected chi connectivity index (χ4v) is 1.76. The van der Waals surface area contributed by atoms with E-state index < -0.39 is 17.6 Å². The van der Waals surface area contributed by atoms with E-state index in [1.807, 2.05) is 0 Å². The molecular formula is C14H15ClN2O3. The maximum Gasteiger partial charge on any atom is 0.245 e. The molecule has 0 fully saturated rings. The maximum atomic E-state index is 12.1. The number of benzene rings is 1. The average Bonchev–Trinajstić information content (AvgIpc) is 2.40. The number of rotatable bonds is 6. The molecule has 6 heteroatoms. The molecule has 1 amide bonds. The highest BCUT2D eigenvalue weighted by Gasteiger charge is 2.28. The van der Waals surface area contributed by atoms with E-state index in [2.05, 4.69) is 5.32 Å². The van der Waals surface area contributed by atoms with E-state index in [0.717, 1.165) is 0 Å². The minimum atomic E-state index is -1.38. The SMILES string of the molecule is COCC(C)NC(=O)C(C#N)C(=O)c1ccc(Cl)cc1. The van der Waals surface area contributed by atoms with E-state index in [-0.39, 0.29) is 11.6 Å². The molecule has 1 aromatic carbocycles. The van der Waals surface area contributed by atoms with Gasteiger partial charge in [0.1, 0.15) is 0 Å². The number of amides is 1. The number of nitriles is 1. The molecule has 2 atom stereocenters. The summed E-state index contributed by atoms with van der Waals surface area (Å²) in [5.74, 6) is -2.56. The van der Waals surface area contributed by atoms with Gasteiger partial charge in [-0.2, -0.15) is 5.26 Å². The molecule has 0 bridgehead atoms. The Morgan fingerprint density at radius 1 is 1.40 bits per heavy atom. The lowest BCUT2D eigenvalue weighted by Gasteiger charge is -2.15. The molecule has 0 heterocycles. The van der Waals surface area contributed by atoms with Crippen molar-refractivity contribution in [3.63, 3.8) is 0 Å². The molecule has 2 unspecified atom stereocenters. The van der Waals surface area contributed by atoms with Crippen LogP contribution in [0, 0.1) is 17.2 Å². The zero-order valence-corrected chi connectivity index (χ0v) is 12.0. The lowest BCUT2D eigenvalue weighted by Crippen LogP contribution is -2.41. The second-order valence-corrected chi connectivity index (χ2v) is 4.73. The van der Waals surface area contributed by atoms with Crippen LogP contribution in [0.1, 0.15) is 17.3 Å². The van der Waals surface area contributed by atoms with E-state index in [9.17, 15) is 9.59 Å². The fraction of sp³-hybridized carbons (Fsp3) is 0.357. The van der Waals surface area contributed by atoms with Crippen LogP contribution in [0.15, 0.2) is 24.3 Å². The number of nitrogens with one attached hydrogen (secondary N) is 1. The third kappa shape index (κ3) is 4.34. The Hall–Kier alpha value is -1.90. The molecule has 1 rings (SSSR count). The number of carbonyl (C=O) groups is 2. The van der Waals surface area contributed by atoms with Gasteiger partial charge in [0.15, 0.2) is 11.7 Å². The summed E-state index contributed by atoms with van der Waals surface area (Å²) in [6, 6.07) is 7.50. The van der Waals surface area contributed by atoms with Crippen LogP contribution in [-0.4, -0.2) is 31.4 Å². The molecule has 0 spiro atoms. The Balaban J connectivity index is 2.80. The van der Waals surface area contributed by atoms with Crippen molar-refractivity contribution >= 4 is 23.3 Å². The van der Waals surface area contributed by atoms with Crippen LogP contribution in [0.3, 0.4) is 0 Å². The summed E-state index contributed by atoms with van der Waals surface area (Å²) in [5, 5.41) is 12.1. The van der Waals surface area contributed by atoms with Crippen LogP contribution >= 0.6 is 11.6 Å². The van der Waals surface area contributed by atoms with Gasteiger partial charge in [0.2, 0.25) is 5.91 Å². The molecule has 1 aromatic rings. The normalized spacial score (nSPS) is 13.1. The second-order valence-electron chi connectivity index (χ2n) is 4.30. The molecule has 0 aliphatic carbocycles. The Labute approximate surface area is 122 Å². The first-order valence-electron chi connectivity index (χ1n) is 5.98. The van der Waals surface area contributed by atoms with Gasteiger partial charge < -0.3 is 10.1 Å². The number of Topliss-reactive ketones (excluding diaryl/α,β-unsaturated/α-hetero) is 1. The van der Waals surface area contributed by atoms with Crippen molar-refractivity contribution in [2.75, 3.05) is 13.7 Å². The summed E-state index contributed by atoms with van der Waals surface area (Å²) < 4.78 is 4.88. The lowest BCUT2D eigenvalue weighted by atomic mass is 9.98. The van der Waals surface area contributed by atoms with E-state index in [1.165, 1.54) is 31.4 Å². The summed E-state index contributed by atoms with van der Waals surface area (Å²) in [4.78, 5) is 24.0. The van der Waals surface area contributed by atoms with E-state index in [0.29, 0.717) is 11.6 Å². The first kappa shape index (κ1) is 16.2.